The lowest BCUT2D eigenvalue weighted by Crippen LogP contribution is -2.34. The number of benzene rings is 2. The van der Waals surface area contributed by atoms with E-state index < -0.39 is 0 Å². The SMILES string of the molecule is O=C(CCCOc1ccc(Cl)cc1Cl)NC(=S)Nc1ccc(C(=O)NCc2ccco2)cc1. The summed E-state index contributed by atoms with van der Waals surface area (Å²) in [4.78, 5) is 24.3. The Labute approximate surface area is 206 Å². The molecule has 0 aliphatic rings. The second-order valence-electron chi connectivity index (χ2n) is 6.87. The van der Waals surface area contributed by atoms with E-state index in [1.807, 2.05) is 0 Å². The Morgan fingerprint density at radius 3 is 2.55 bits per heavy atom. The van der Waals surface area contributed by atoms with Gasteiger partial charge in [0.2, 0.25) is 5.91 Å². The molecule has 0 fully saturated rings. The molecule has 0 atom stereocenters. The van der Waals surface area contributed by atoms with E-state index in [0.29, 0.717) is 52.4 Å². The molecular formula is C23H21Cl2N3O4S. The van der Waals surface area contributed by atoms with Gasteiger partial charge in [-0.25, -0.2) is 0 Å². The van der Waals surface area contributed by atoms with Crippen molar-refractivity contribution in [2.24, 2.45) is 0 Å². The molecule has 0 spiro atoms. The summed E-state index contributed by atoms with van der Waals surface area (Å²) < 4.78 is 10.7. The van der Waals surface area contributed by atoms with E-state index in [4.69, 9.17) is 44.6 Å². The average molecular weight is 506 g/mol. The van der Waals surface area contributed by atoms with E-state index in [1.165, 1.54) is 0 Å². The van der Waals surface area contributed by atoms with E-state index in [1.54, 1.807) is 60.9 Å². The molecule has 3 rings (SSSR count). The van der Waals surface area contributed by atoms with Crippen LogP contribution in [0, 0.1) is 0 Å². The van der Waals surface area contributed by atoms with Crippen molar-refractivity contribution in [3.63, 3.8) is 0 Å². The number of hydrogen-bond donors (Lipinski definition) is 3. The number of halogens is 2. The minimum Gasteiger partial charge on any atom is -0.492 e. The van der Waals surface area contributed by atoms with Gasteiger partial charge < -0.3 is 25.1 Å². The summed E-state index contributed by atoms with van der Waals surface area (Å²) in [6.45, 7) is 0.623. The Bertz CT molecular complexity index is 1110. The van der Waals surface area contributed by atoms with Gasteiger partial charge in [0, 0.05) is 22.7 Å². The Morgan fingerprint density at radius 1 is 1.06 bits per heavy atom. The summed E-state index contributed by atoms with van der Waals surface area (Å²) in [6, 6.07) is 15.2. The molecule has 0 aliphatic carbocycles. The van der Waals surface area contributed by atoms with Gasteiger partial charge in [0.15, 0.2) is 5.11 Å². The van der Waals surface area contributed by atoms with Crippen LogP contribution in [0.15, 0.2) is 65.3 Å². The fraction of sp³-hybridized carbons (Fsp3) is 0.174. The molecule has 0 aliphatic heterocycles. The molecule has 2 aromatic carbocycles. The van der Waals surface area contributed by atoms with E-state index in [2.05, 4.69) is 16.0 Å². The lowest BCUT2D eigenvalue weighted by molar-refractivity contribution is -0.119. The molecule has 1 aromatic heterocycles. The first kappa shape index (κ1) is 24.6. The standard InChI is InChI=1S/C23H21Cl2N3O4S/c24-16-7-10-20(19(25)13-16)32-12-2-4-21(29)28-23(33)27-17-8-5-15(6-9-17)22(30)26-14-18-3-1-11-31-18/h1,3,5-11,13H,2,4,12,14H2,(H,26,30)(H2,27,28,29,33). The molecular weight excluding hydrogens is 485 g/mol. The second-order valence-corrected chi connectivity index (χ2v) is 8.12. The van der Waals surface area contributed by atoms with Crippen molar-refractivity contribution in [3.05, 3.63) is 82.2 Å². The number of thiocarbonyl (C=S) groups is 1. The molecule has 1 heterocycles. The maximum Gasteiger partial charge on any atom is 0.251 e. The number of anilines is 1. The molecule has 0 unspecified atom stereocenters. The van der Waals surface area contributed by atoms with Gasteiger partial charge in [0.1, 0.15) is 11.5 Å². The van der Waals surface area contributed by atoms with Crippen LogP contribution < -0.4 is 20.7 Å². The summed E-state index contributed by atoms with van der Waals surface area (Å²) in [6.07, 6.45) is 2.26. The van der Waals surface area contributed by atoms with Crippen LogP contribution in [0.4, 0.5) is 5.69 Å². The van der Waals surface area contributed by atoms with Crippen molar-refractivity contribution < 1.29 is 18.7 Å². The predicted molar refractivity (Wildman–Crippen MR) is 132 cm³/mol. The minimum absolute atomic E-state index is 0.164. The molecule has 33 heavy (non-hydrogen) atoms. The molecule has 3 aromatic rings. The van der Waals surface area contributed by atoms with Crippen LogP contribution in [0.3, 0.4) is 0 Å². The van der Waals surface area contributed by atoms with Crippen molar-refractivity contribution in [1.29, 1.82) is 0 Å². The highest BCUT2D eigenvalue weighted by molar-refractivity contribution is 7.80. The van der Waals surface area contributed by atoms with Crippen LogP contribution in [0.5, 0.6) is 5.75 Å². The largest absolute Gasteiger partial charge is 0.492 e. The number of ether oxygens (including phenoxy) is 1. The van der Waals surface area contributed by atoms with Gasteiger partial charge >= 0.3 is 0 Å². The lowest BCUT2D eigenvalue weighted by Gasteiger charge is -2.11. The molecule has 0 radical (unpaired) electrons. The first-order valence-electron chi connectivity index (χ1n) is 10.00. The maximum atomic E-state index is 12.2. The highest BCUT2D eigenvalue weighted by Gasteiger charge is 2.09. The van der Waals surface area contributed by atoms with Gasteiger partial charge in [0.25, 0.3) is 5.91 Å². The third-order valence-corrected chi connectivity index (χ3v) is 5.10. The fourth-order valence-corrected chi connectivity index (χ4v) is 3.44. The van der Waals surface area contributed by atoms with Gasteiger partial charge in [-0.3, -0.25) is 9.59 Å². The zero-order chi connectivity index (χ0) is 23.6. The zero-order valence-corrected chi connectivity index (χ0v) is 19.7. The number of nitrogens with one attached hydrogen (secondary N) is 3. The summed E-state index contributed by atoms with van der Waals surface area (Å²) in [5.41, 5.74) is 1.13. The van der Waals surface area contributed by atoms with E-state index in [0.717, 1.165) is 0 Å². The van der Waals surface area contributed by atoms with Crippen molar-refractivity contribution in [2.75, 3.05) is 11.9 Å². The summed E-state index contributed by atoms with van der Waals surface area (Å²) >= 11 is 17.1. The molecule has 3 N–H and O–H groups in total. The van der Waals surface area contributed by atoms with Crippen LogP contribution >= 0.6 is 35.4 Å². The molecule has 0 saturated carbocycles. The number of rotatable bonds is 9. The zero-order valence-electron chi connectivity index (χ0n) is 17.4. The fourth-order valence-electron chi connectivity index (χ4n) is 2.75. The first-order valence-corrected chi connectivity index (χ1v) is 11.2. The van der Waals surface area contributed by atoms with E-state index >= 15 is 0 Å². The van der Waals surface area contributed by atoms with Gasteiger partial charge in [-0.05, 0) is 73.2 Å². The monoisotopic (exact) mass is 505 g/mol. The quantitative estimate of drug-likeness (QED) is 0.273. The third-order valence-electron chi connectivity index (χ3n) is 4.36. The molecule has 10 heteroatoms. The number of carbonyl (C=O) groups excluding carboxylic acids is 2. The summed E-state index contributed by atoms with van der Waals surface area (Å²) in [5, 5.41) is 9.40. The highest BCUT2D eigenvalue weighted by Crippen LogP contribution is 2.27. The van der Waals surface area contributed by atoms with Crippen LogP contribution in [0.25, 0.3) is 0 Å². The van der Waals surface area contributed by atoms with Crippen LogP contribution in [0.2, 0.25) is 10.0 Å². The van der Waals surface area contributed by atoms with Gasteiger partial charge in [-0.1, -0.05) is 23.2 Å². The second kappa shape index (κ2) is 12.2. The third kappa shape index (κ3) is 8.09. The molecule has 2 amide bonds. The van der Waals surface area contributed by atoms with Crippen molar-refractivity contribution >= 4 is 58.0 Å². The Morgan fingerprint density at radius 2 is 1.85 bits per heavy atom. The van der Waals surface area contributed by atoms with Crippen molar-refractivity contribution in [1.82, 2.24) is 10.6 Å². The number of hydrogen-bond acceptors (Lipinski definition) is 5. The Hall–Kier alpha value is -3.07. The van der Waals surface area contributed by atoms with Crippen LogP contribution in [0.1, 0.15) is 29.0 Å². The summed E-state index contributed by atoms with van der Waals surface area (Å²) in [5.74, 6) is 0.711. The van der Waals surface area contributed by atoms with Gasteiger partial charge in [-0.2, -0.15) is 0 Å². The molecule has 7 nitrogen and oxygen atoms in total. The number of carbonyl (C=O) groups is 2. The molecule has 0 bridgehead atoms. The number of amides is 2. The molecule has 172 valence electrons. The van der Waals surface area contributed by atoms with Crippen molar-refractivity contribution in [2.45, 2.75) is 19.4 Å². The smallest absolute Gasteiger partial charge is 0.251 e. The minimum atomic E-state index is -0.243. The van der Waals surface area contributed by atoms with Gasteiger partial charge in [0.05, 0.1) is 24.4 Å². The van der Waals surface area contributed by atoms with Crippen LogP contribution in [-0.4, -0.2) is 23.5 Å². The molecule has 0 saturated heterocycles. The highest BCUT2D eigenvalue weighted by atomic mass is 35.5. The van der Waals surface area contributed by atoms with Crippen LogP contribution in [-0.2, 0) is 11.3 Å². The first-order chi connectivity index (χ1) is 15.9. The summed E-state index contributed by atoms with van der Waals surface area (Å²) in [7, 11) is 0. The predicted octanol–water partition coefficient (Wildman–Crippen LogP) is 5.19. The number of furan rings is 1. The Kier molecular flexibility index (Phi) is 9.12. The van der Waals surface area contributed by atoms with E-state index in [9.17, 15) is 9.59 Å². The normalized spacial score (nSPS) is 10.4. The van der Waals surface area contributed by atoms with E-state index in [-0.39, 0.29) is 23.3 Å². The van der Waals surface area contributed by atoms with Gasteiger partial charge in [-0.15, -0.1) is 0 Å². The average Bonchev–Trinajstić information content (AvgIpc) is 3.30. The topological polar surface area (TPSA) is 92.6 Å². The van der Waals surface area contributed by atoms with Crippen molar-refractivity contribution in [3.8, 4) is 5.75 Å². The maximum absolute atomic E-state index is 12.2. The Balaban J connectivity index is 1.36. The lowest BCUT2D eigenvalue weighted by atomic mass is 10.2.